The molecule has 116 valence electrons. The zero-order valence-corrected chi connectivity index (χ0v) is 14.5. The lowest BCUT2D eigenvalue weighted by Gasteiger charge is -2.24. The van der Waals surface area contributed by atoms with Crippen molar-refractivity contribution in [3.05, 3.63) is 64.7 Å². The lowest BCUT2D eigenvalue weighted by Crippen LogP contribution is -2.29. The third-order valence-corrected chi connectivity index (χ3v) is 5.54. The lowest BCUT2D eigenvalue weighted by atomic mass is 9.98. The third kappa shape index (κ3) is 2.97. The van der Waals surface area contributed by atoms with Crippen LogP contribution in [0.2, 0.25) is 5.02 Å². The highest BCUT2D eigenvalue weighted by atomic mass is 35.5. The summed E-state index contributed by atoms with van der Waals surface area (Å²) in [6.45, 7) is 2.03. The highest BCUT2D eigenvalue weighted by Gasteiger charge is 2.22. The number of hydrogen-bond acceptors (Lipinski definition) is 3. The molecular weight excluding hydrogens is 324 g/mol. The number of para-hydroxylation sites is 1. The number of nitrogens with zero attached hydrogens (tertiary/aromatic N) is 2. The quantitative estimate of drug-likeness (QED) is 0.710. The molecule has 2 aromatic carbocycles. The number of aliphatic imine (C=N–C) groups is 1. The minimum absolute atomic E-state index is 0.757. The Kier molecular flexibility index (Phi) is 4.02. The summed E-state index contributed by atoms with van der Waals surface area (Å²) in [4.78, 5) is 9.77. The van der Waals surface area contributed by atoms with Crippen LogP contribution < -0.4 is 0 Å². The molecule has 0 atom stereocenters. The molecule has 0 amide bonds. The second-order valence-electron chi connectivity index (χ2n) is 5.93. The Morgan fingerprint density at radius 1 is 1.13 bits per heavy atom. The van der Waals surface area contributed by atoms with Crippen LogP contribution in [0.1, 0.15) is 12.0 Å². The van der Waals surface area contributed by atoms with E-state index >= 15 is 0 Å². The van der Waals surface area contributed by atoms with Gasteiger partial charge >= 0.3 is 0 Å². The zero-order chi connectivity index (χ0) is 15.8. The van der Waals surface area contributed by atoms with Gasteiger partial charge in [0.25, 0.3) is 0 Å². The van der Waals surface area contributed by atoms with Gasteiger partial charge in [-0.15, -0.1) is 0 Å². The lowest BCUT2D eigenvalue weighted by molar-refractivity contribution is 0.360. The number of hydrogen-bond donors (Lipinski definition) is 0. The molecular formula is C19H17ClN2S. The van der Waals surface area contributed by atoms with Crippen LogP contribution in [0.3, 0.4) is 0 Å². The van der Waals surface area contributed by atoms with Gasteiger partial charge < -0.3 is 4.90 Å². The summed E-state index contributed by atoms with van der Waals surface area (Å²) in [5, 5.41) is 0.757. The molecule has 0 saturated carbocycles. The van der Waals surface area contributed by atoms with Gasteiger partial charge in [0.1, 0.15) is 0 Å². The van der Waals surface area contributed by atoms with Crippen LogP contribution in [-0.2, 0) is 0 Å². The van der Waals surface area contributed by atoms with Crippen molar-refractivity contribution in [2.75, 3.05) is 20.1 Å². The Labute approximate surface area is 145 Å². The maximum Gasteiger partial charge on any atom is 0.0776 e. The molecule has 0 aliphatic carbocycles. The van der Waals surface area contributed by atoms with Crippen molar-refractivity contribution >= 4 is 34.8 Å². The highest BCUT2D eigenvalue weighted by molar-refractivity contribution is 7.99. The highest BCUT2D eigenvalue weighted by Crippen LogP contribution is 2.42. The maximum atomic E-state index is 6.28. The number of rotatable bonds is 1. The average molecular weight is 341 g/mol. The normalized spacial score (nSPS) is 17.7. The van der Waals surface area contributed by atoms with E-state index in [0.717, 1.165) is 41.5 Å². The number of fused-ring (bicyclic) bond motifs is 2. The molecule has 2 nitrogen and oxygen atoms in total. The van der Waals surface area contributed by atoms with Crippen molar-refractivity contribution in [2.24, 2.45) is 4.99 Å². The average Bonchev–Trinajstić information content (AvgIpc) is 2.71. The largest absolute Gasteiger partial charge is 0.302 e. The predicted molar refractivity (Wildman–Crippen MR) is 98.4 cm³/mol. The summed E-state index contributed by atoms with van der Waals surface area (Å²) in [5.74, 6) is 0. The van der Waals surface area contributed by atoms with Gasteiger partial charge in [-0.1, -0.05) is 41.6 Å². The zero-order valence-electron chi connectivity index (χ0n) is 12.9. The molecule has 4 heteroatoms. The van der Waals surface area contributed by atoms with Gasteiger partial charge in [-0.25, -0.2) is 4.99 Å². The standard InChI is InChI=1S/C19H17ClN2S/c1-22-10-4-5-13(12-22)19-15-11-14(20)8-9-17(15)23-18-7-3-2-6-16(18)21-19/h2-3,5-9,11H,4,10,12H2,1H3. The van der Waals surface area contributed by atoms with E-state index in [4.69, 9.17) is 16.6 Å². The van der Waals surface area contributed by atoms with Crippen LogP contribution in [0.4, 0.5) is 5.69 Å². The third-order valence-electron chi connectivity index (χ3n) is 4.16. The molecule has 0 saturated heterocycles. The first-order chi connectivity index (χ1) is 11.2. The van der Waals surface area contributed by atoms with Crippen molar-refractivity contribution in [3.8, 4) is 0 Å². The van der Waals surface area contributed by atoms with Crippen LogP contribution in [-0.4, -0.2) is 30.7 Å². The van der Waals surface area contributed by atoms with Crippen molar-refractivity contribution in [2.45, 2.75) is 16.2 Å². The van der Waals surface area contributed by atoms with Crippen molar-refractivity contribution in [3.63, 3.8) is 0 Å². The van der Waals surface area contributed by atoms with Crippen molar-refractivity contribution < 1.29 is 0 Å². The van der Waals surface area contributed by atoms with Gasteiger partial charge in [-0.05, 0) is 49.4 Å². The fourth-order valence-corrected chi connectivity index (χ4v) is 4.20. The van der Waals surface area contributed by atoms with Gasteiger partial charge in [-0.2, -0.15) is 0 Å². The molecule has 2 aliphatic heterocycles. The van der Waals surface area contributed by atoms with Crippen LogP contribution in [0.15, 0.2) is 68.9 Å². The van der Waals surface area contributed by atoms with E-state index in [1.54, 1.807) is 11.8 Å². The van der Waals surface area contributed by atoms with Gasteiger partial charge in [-0.3, -0.25) is 0 Å². The van der Waals surface area contributed by atoms with E-state index in [9.17, 15) is 0 Å². The summed E-state index contributed by atoms with van der Waals surface area (Å²) in [6, 6.07) is 14.4. The van der Waals surface area contributed by atoms with E-state index in [-0.39, 0.29) is 0 Å². The minimum atomic E-state index is 0.757. The molecule has 0 radical (unpaired) electrons. The van der Waals surface area contributed by atoms with Crippen LogP contribution in [0.25, 0.3) is 0 Å². The molecule has 0 aromatic heterocycles. The molecule has 2 aliphatic rings. The summed E-state index contributed by atoms with van der Waals surface area (Å²) >= 11 is 8.05. The monoisotopic (exact) mass is 340 g/mol. The second-order valence-corrected chi connectivity index (χ2v) is 7.45. The van der Waals surface area contributed by atoms with Gasteiger partial charge in [0.15, 0.2) is 0 Å². The first-order valence-electron chi connectivity index (χ1n) is 7.74. The molecule has 0 bridgehead atoms. The summed E-state index contributed by atoms with van der Waals surface area (Å²) in [7, 11) is 2.16. The SMILES string of the molecule is CN1CCC=C(C2=Nc3ccccc3Sc3ccc(Cl)cc32)C1. The summed E-state index contributed by atoms with van der Waals surface area (Å²) in [5.41, 5.74) is 4.53. The molecule has 0 spiro atoms. The Bertz CT molecular complexity index is 826. The number of halogens is 1. The van der Waals surface area contributed by atoms with E-state index in [0.29, 0.717) is 0 Å². The Morgan fingerprint density at radius 2 is 2.00 bits per heavy atom. The van der Waals surface area contributed by atoms with E-state index in [2.05, 4.69) is 42.3 Å². The molecule has 23 heavy (non-hydrogen) atoms. The Hall–Kier alpha value is -1.55. The number of benzene rings is 2. The van der Waals surface area contributed by atoms with E-state index < -0.39 is 0 Å². The second kappa shape index (κ2) is 6.16. The smallest absolute Gasteiger partial charge is 0.0776 e. The minimum Gasteiger partial charge on any atom is -0.302 e. The summed E-state index contributed by atoms with van der Waals surface area (Å²) in [6.07, 6.45) is 3.39. The number of likely N-dealkylation sites (N-methyl/N-ethyl adjacent to an activating group) is 1. The fraction of sp³-hybridized carbons (Fsp3) is 0.211. The first kappa shape index (κ1) is 15.0. The topological polar surface area (TPSA) is 15.6 Å². The van der Waals surface area contributed by atoms with Crippen molar-refractivity contribution in [1.82, 2.24) is 4.90 Å². The molecule has 0 fully saturated rings. The maximum absolute atomic E-state index is 6.28. The predicted octanol–water partition coefficient (Wildman–Crippen LogP) is 5.19. The van der Waals surface area contributed by atoms with Crippen molar-refractivity contribution in [1.29, 1.82) is 0 Å². The molecule has 2 aromatic rings. The first-order valence-corrected chi connectivity index (χ1v) is 8.93. The summed E-state index contributed by atoms with van der Waals surface area (Å²) < 4.78 is 0. The molecule has 4 rings (SSSR count). The van der Waals surface area contributed by atoms with Gasteiger partial charge in [0.05, 0.1) is 11.4 Å². The van der Waals surface area contributed by atoms with Gasteiger partial charge in [0, 0.05) is 33.5 Å². The van der Waals surface area contributed by atoms with E-state index in [1.807, 2.05) is 18.2 Å². The molecule has 0 N–H and O–H groups in total. The van der Waals surface area contributed by atoms with Crippen LogP contribution >= 0.6 is 23.4 Å². The van der Waals surface area contributed by atoms with Gasteiger partial charge in [0.2, 0.25) is 0 Å². The molecule has 2 heterocycles. The Morgan fingerprint density at radius 3 is 2.87 bits per heavy atom. The van der Waals surface area contributed by atoms with Crippen LogP contribution in [0, 0.1) is 0 Å². The fourth-order valence-electron chi connectivity index (χ4n) is 3.02. The molecule has 0 unspecified atom stereocenters. The van der Waals surface area contributed by atoms with Crippen LogP contribution in [0.5, 0.6) is 0 Å². The Balaban J connectivity index is 1.92. The van der Waals surface area contributed by atoms with E-state index in [1.165, 1.54) is 15.4 Å².